The van der Waals surface area contributed by atoms with Gasteiger partial charge in [-0.15, -0.1) is 6.58 Å². The first-order chi connectivity index (χ1) is 6.19. The molecule has 0 spiro atoms. The molecule has 1 aromatic carbocycles. The van der Waals surface area contributed by atoms with Crippen LogP contribution in [0.25, 0.3) is 0 Å². The number of allylic oxidation sites excluding steroid dienone is 1. The standard InChI is InChI=1S/C12H12N/c1-4-10(3)12-7-9(2)5-6-11(12)8-13/h4-7,10H,1,3H2,2H3. The summed E-state index contributed by atoms with van der Waals surface area (Å²) in [6.07, 6.45) is 1.75. The summed E-state index contributed by atoms with van der Waals surface area (Å²) in [6, 6.07) is 7.89. The lowest BCUT2D eigenvalue weighted by atomic mass is 9.95. The van der Waals surface area contributed by atoms with Crippen LogP contribution in [0.2, 0.25) is 0 Å². The highest BCUT2D eigenvalue weighted by atomic mass is 14.2. The first-order valence-corrected chi connectivity index (χ1v) is 4.15. The Bertz CT molecular complexity index is 358. The molecule has 0 aromatic heterocycles. The number of aryl methyl sites for hydroxylation is 1. The Hall–Kier alpha value is -1.55. The van der Waals surface area contributed by atoms with Crippen molar-refractivity contribution < 1.29 is 0 Å². The van der Waals surface area contributed by atoms with Gasteiger partial charge in [-0.1, -0.05) is 23.8 Å². The third kappa shape index (κ3) is 1.97. The Balaban J connectivity index is 3.25. The molecule has 0 saturated heterocycles. The van der Waals surface area contributed by atoms with Crippen molar-refractivity contribution in [3.05, 3.63) is 54.5 Å². The van der Waals surface area contributed by atoms with Crippen molar-refractivity contribution in [1.29, 1.82) is 5.26 Å². The fraction of sp³-hybridized carbons (Fsp3) is 0.167. The van der Waals surface area contributed by atoms with E-state index in [2.05, 4.69) is 19.6 Å². The van der Waals surface area contributed by atoms with Crippen molar-refractivity contribution in [3.63, 3.8) is 0 Å². The van der Waals surface area contributed by atoms with E-state index in [1.54, 1.807) is 6.08 Å². The van der Waals surface area contributed by atoms with Gasteiger partial charge in [0, 0.05) is 5.92 Å². The fourth-order valence-electron chi connectivity index (χ4n) is 1.22. The second-order valence-electron chi connectivity index (χ2n) is 3.04. The van der Waals surface area contributed by atoms with Gasteiger partial charge in [0.15, 0.2) is 0 Å². The zero-order valence-corrected chi connectivity index (χ0v) is 7.75. The molecule has 0 fully saturated rings. The van der Waals surface area contributed by atoms with Gasteiger partial charge in [0.2, 0.25) is 0 Å². The average molecular weight is 170 g/mol. The summed E-state index contributed by atoms with van der Waals surface area (Å²) in [5.74, 6) is -0.00505. The van der Waals surface area contributed by atoms with Crippen LogP contribution >= 0.6 is 0 Å². The van der Waals surface area contributed by atoms with Gasteiger partial charge in [-0.3, -0.25) is 0 Å². The molecule has 0 aliphatic rings. The molecule has 1 nitrogen and oxygen atoms in total. The lowest BCUT2D eigenvalue weighted by Crippen LogP contribution is -1.94. The van der Waals surface area contributed by atoms with E-state index in [0.717, 1.165) is 11.1 Å². The molecule has 1 unspecified atom stereocenters. The van der Waals surface area contributed by atoms with Gasteiger partial charge < -0.3 is 0 Å². The van der Waals surface area contributed by atoms with Gasteiger partial charge in [0.05, 0.1) is 11.6 Å². The SMILES string of the molecule is [CH2]C(C=C)c1cc(C)ccc1C#N. The zero-order valence-electron chi connectivity index (χ0n) is 7.75. The van der Waals surface area contributed by atoms with Gasteiger partial charge in [0.1, 0.15) is 0 Å². The first-order valence-electron chi connectivity index (χ1n) is 4.15. The van der Waals surface area contributed by atoms with E-state index < -0.39 is 0 Å². The molecule has 13 heavy (non-hydrogen) atoms. The Morgan fingerprint density at radius 1 is 1.54 bits per heavy atom. The Morgan fingerprint density at radius 3 is 2.77 bits per heavy atom. The molecule has 0 bridgehead atoms. The summed E-state index contributed by atoms with van der Waals surface area (Å²) in [6.45, 7) is 9.58. The molecule has 0 aliphatic carbocycles. The van der Waals surface area contributed by atoms with Crippen LogP contribution < -0.4 is 0 Å². The third-order valence-corrected chi connectivity index (χ3v) is 2.01. The third-order valence-electron chi connectivity index (χ3n) is 2.01. The number of benzene rings is 1. The van der Waals surface area contributed by atoms with E-state index in [0.29, 0.717) is 5.56 Å². The smallest absolute Gasteiger partial charge is 0.0994 e. The number of hydrogen-bond acceptors (Lipinski definition) is 1. The maximum absolute atomic E-state index is 8.84. The predicted molar refractivity (Wildman–Crippen MR) is 54.2 cm³/mol. The quantitative estimate of drug-likeness (QED) is 0.626. The highest BCUT2D eigenvalue weighted by Gasteiger charge is 2.06. The minimum absolute atomic E-state index is 0.00505. The van der Waals surface area contributed by atoms with Crippen LogP contribution in [0.3, 0.4) is 0 Å². The average Bonchev–Trinajstić information content (AvgIpc) is 2.16. The van der Waals surface area contributed by atoms with Crippen LogP contribution in [-0.2, 0) is 0 Å². The molecule has 1 rings (SSSR count). The molecule has 0 aliphatic heterocycles. The summed E-state index contributed by atoms with van der Waals surface area (Å²) in [5.41, 5.74) is 2.78. The number of rotatable bonds is 2. The van der Waals surface area contributed by atoms with Gasteiger partial charge in [-0.05, 0) is 25.5 Å². The van der Waals surface area contributed by atoms with Gasteiger partial charge in [-0.25, -0.2) is 0 Å². The van der Waals surface area contributed by atoms with Crippen LogP contribution in [0.15, 0.2) is 30.9 Å². The summed E-state index contributed by atoms with van der Waals surface area (Å²) in [7, 11) is 0. The van der Waals surface area contributed by atoms with Crippen LogP contribution in [0.1, 0.15) is 22.6 Å². The van der Waals surface area contributed by atoms with Crippen molar-refractivity contribution >= 4 is 0 Å². The van der Waals surface area contributed by atoms with Crippen molar-refractivity contribution in [3.8, 4) is 6.07 Å². The predicted octanol–water partition coefficient (Wildman–Crippen LogP) is 2.97. The van der Waals surface area contributed by atoms with Crippen molar-refractivity contribution in [1.82, 2.24) is 0 Å². The molecule has 0 saturated carbocycles. The lowest BCUT2D eigenvalue weighted by Gasteiger charge is -2.08. The summed E-state index contributed by atoms with van der Waals surface area (Å²) in [4.78, 5) is 0. The second kappa shape index (κ2) is 3.91. The van der Waals surface area contributed by atoms with Crippen molar-refractivity contribution in [2.24, 2.45) is 0 Å². The van der Waals surface area contributed by atoms with Crippen LogP contribution in [0, 0.1) is 25.2 Å². The summed E-state index contributed by atoms with van der Waals surface area (Å²) >= 11 is 0. The molecule has 1 radical (unpaired) electrons. The highest BCUT2D eigenvalue weighted by molar-refractivity contribution is 5.43. The Kier molecular flexibility index (Phi) is 2.87. The van der Waals surface area contributed by atoms with Crippen LogP contribution in [0.5, 0.6) is 0 Å². The summed E-state index contributed by atoms with van der Waals surface area (Å²) in [5, 5.41) is 8.84. The molecule has 1 atom stereocenters. The largest absolute Gasteiger partial charge is 0.192 e. The minimum Gasteiger partial charge on any atom is -0.192 e. The fourth-order valence-corrected chi connectivity index (χ4v) is 1.22. The maximum Gasteiger partial charge on any atom is 0.0994 e. The van der Waals surface area contributed by atoms with E-state index in [1.165, 1.54) is 0 Å². The van der Waals surface area contributed by atoms with Gasteiger partial charge in [0.25, 0.3) is 0 Å². The molecule has 0 heterocycles. The molecular formula is C12H12N. The summed E-state index contributed by atoms with van der Waals surface area (Å²) < 4.78 is 0. The normalized spacial score (nSPS) is 11.8. The second-order valence-corrected chi connectivity index (χ2v) is 3.04. The van der Waals surface area contributed by atoms with Gasteiger partial charge >= 0.3 is 0 Å². The minimum atomic E-state index is -0.00505. The maximum atomic E-state index is 8.84. The Labute approximate surface area is 79.3 Å². The topological polar surface area (TPSA) is 23.8 Å². The van der Waals surface area contributed by atoms with Crippen LogP contribution in [-0.4, -0.2) is 0 Å². The van der Waals surface area contributed by atoms with E-state index in [9.17, 15) is 0 Å². The van der Waals surface area contributed by atoms with Crippen molar-refractivity contribution in [2.75, 3.05) is 0 Å². The first kappa shape index (κ1) is 9.54. The lowest BCUT2D eigenvalue weighted by molar-refractivity contribution is 1.07. The molecule has 0 N–H and O–H groups in total. The molecule has 1 aromatic rings. The van der Waals surface area contributed by atoms with E-state index in [4.69, 9.17) is 5.26 Å². The number of nitriles is 1. The zero-order chi connectivity index (χ0) is 9.84. The van der Waals surface area contributed by atoms with Crippen LogP contribution in [0.4, 0.5) is 0 Å². The number of hydrogen-bond donors (Lipinski definition) is 0. The highest BCUT2D eigenvalue weighted by Crippen LogP contribution is 2.21. The number of nitrogens with zero attached hydrogens (tertiary/aromatic N) is 1. The molecule has 1 heteroatoms. The van der Waals surface area contributed by atoms with E-state index >= 15 is 0 Å². The molecule has 0 amide bonds. The van der Waals surface area contributed by atoms with E-state index in [1.807, 2.05) is 25.1 Å². The molecular weight excluding hydrogens is 158 g/mol. The van der Waals surface area contributed by atoms with Crippen molar-refractivity contribution in [2.45, 2.75) is 12.8 Å². The van der Waals surface area contributed by atoms with Gasteiger partial charge in [-0.2, -0.15) is 5.26 Å². The Morgan fingerprint density at radius 2 is 2.23 bits per heavy atom. The van der Waals surface area contributed by atoms with E-state index in [-0.39, 0.29) is 5.92 Å². The molecule has 65 valence electrons. The monoisotopic (exact) mass is 170 g/mol.